The molecule has 3 aromatic carbocycles. The third-order valence-corrected chi connectivity index (χ3v) is 7.03. The second-order valence-electron chi connectivity index (χ2n) is 9.31. The summed E-state index contributed by atoms with van der Waals surface area (Å²) in [5.41, 5.74) is 4.94. The molecule has 0 saturated carbocycles. The number of hydrogen-bond donors (Lipinski definition) is 1. The van der Waals surface area contributed by atoms with Crippen LogP contribution in [0.1, 0.15) is 42.6 Å². The van der Waals surface area contributed by atoms with Crippen LogP contribution in [0.15, 0.2) is 72.8 Å². The van der Waals surface area contributed by atoms with Crippen LogP contribution in [0, 0.1) is 0 Å². The largest absolute Gasteiger partial charge is 0.492 e. The van der Waals surface area contributed by atoms with Crippen molar-refractivity contribution in [2.24, 2.45) is 0 Å². The van der Waals surface area contributed by atoms with Gasteiger partial charge in [0.05, 0.1) is 6.61 Å². The zero-order valence-corrected chi connectivity index (χ0v) is 18.8. The maximum Gasteiger partial charge on any atom is 0.255 e. The fourth-order valence-electron chi connectivity index (χ4n) is 5.00. The second-order valence-corrected chi connectivity index (χ2v) is 9.31. The quantitative estimate of drug-likeness (QED) is 0.578. The average molecular weight is 427 g/mol. The third-order valence-electron chi connectivity index (χ3n) is 7.03. The van der Waals surface area contributed by atoms with Crippen LogP contribution < -0.4 is 10.1 Å². The number of ether oxygens (including phenoxy) is 1. The van der Waals surface area contributed by atoms with Gasteiger partial charge in [0, 0.05) is 28.3 Å². The van der Waals surface area contributed by atoms with Gasteiger partial charge in [-0.25, -0.2) is 0 Å². The standard InChI is InChI=1S/C28H30N2O2/c1-20(2)30-15-13-28(14-16-30)19-32-26-12-11-24(18-25(26)28)29-27(31)23-10-6-9-22(17-23)21-7-4-3-5-8-21/h3-12,17-18,20H,13-16,19H2,1-2H3,(H,29,31). The van der Waals surface area contributed by atoms with E-state index in [1.165, 1.54) is 5.56 Å². The maximum absolute atomic E-state index is 13.0. The van der Waals surface area contributed by atoms with Gasteiger partial charge < -0.3 is 15.0 Å². The predicted molar refractivity (Wildman–Crippen MR) is 129 cm³/mol. The molecule has 1 saturated heterocycles. The molecule has 5 rings (SSSR count). The second kappa shape index (κ2) is 8.44. The lowest BCUT2D eigenvalue weighted by Gasteiger charge is -2.40. The summed E-state index contributed by atoms with van der Waals surface area (Å²) in [6.45, 7) is 7.44. The topological polar surface area (TPSA) is 41.6 Å². The highest BCUT2D eigenvalue weighted by molar-refractivity contribution is 6.05. The van der Waals surface area contributed by atoms with E-state index in [0.717, 1.165) is 55.1 Å². The zero-order valence-electron chi connectivity index (χ0n) is 18.8. The number of nitrogens with one attached hydrogen (secondary N) is 1. The first-order chi connectivity index (χ1) is 15.5. The summed E-state index contributed by atoms with van der Waals surface area (Å²) >= 11 is 0. The Morgan fingerprint density at radius 2 is 1.69 bits per heavy atom. The SMILES string of the molecule is CC(C)N1CCC2(CC1)COc1ccc(NC(=O)c3cccc(-c4ccccc4)c3)cc12. The first-order valence-corrected chi connectivity index (χ1v) is 11.5. The van der Waals surface area contributed by atoms with Crippen LogP contribution >= 0.6 is 0 Å². The molecule has 0 unspecified atom stereocenters. The van der Waals surface area contributed by atoms with E-state index in [4.69, 9.17) is 4.74 Å². The molecular formula is C28H30N2O2. The molecule has 2 heterocycles. The van der Waals surface area contributed by atoms with Gasteiger partial charge in [-0.3, -0.25) is 4.79 Å². The Kier molecular flexibility index (Phi) is 5.48. The molecule has 4 heteroatoms. The Morgan fingerprint density at radius 1 is 0.938 bits per heavy atom. The summed E-state index contributed by atoms with van der Waals surface area (Å²) in [5, 5.41) is 3.11. The van der Waals surface area contributed by atoms with Crippen molar-refractivity contribution < 1.29 is 9.53 Å². The minimum atomic E-state index is -0.0923. The number of anilines is 1. The number of piperidine rings is 1. The van der Waals surface area contributed by atoms with E-state index in [1.807, 2.05) is 54.6 Å². The van der Waals surface area contributed by atoms with Crippen LogP contribution in [-0.4, -0.2) is 36.5 Å². The highest BCUT2D eigenvalue weighted by Gasteiger charge is 2.43. The zero-order chi connectivity index (χ0) is 22.1. The van der Waals surface area contributed by atoms with Gasteiger partial charge in [0.1, 0.15) is 5.75 Å². The number of hydrogen-bond acceptors (Lipinski definition) is 3. The molecule has 2 aliphatic rings. The van der Waals surface area contributed by atoms with Gasteiger partial charge >= 0.3 is 0 Å². The van der Waals surface area contributed by atoms with Crippen LogP contribution in [-0.2, 0) is 5.41 Å². The van der Waals surface area contributed by atoms with E-state index in [0.29, 0.717) is 11.6 Å². The molecule has 0 aliphatic carbocycles. The van der Waals surface area contributed by atoms with Crippen LogP contribution in [0.2, 0.25) is 0 Å². The monoisotopic (exact) mass is 426 g/mol. The molecule has 0 bridgehead atoms. The van der Waals surface area contributed by atoms with Crippen molar-refractivity contribution >= 4 is 11.6 Å². The summed E-state index contributed by atoms with van der Waals surface area (Å²) < 4.78 is 6.07. The molecule has 1 spiro atoms. The summed E-state index contributed by atoms with van der Waals surface area (Å²) in [4.78, 5) is 15.6. The number of amides is 1. The van der Waals surface area contributed by atoms with Crippen LogP contribution in [0.5, 0.6) is 5.75 Å². The number of rotatable bonds is 4. The first-order valence-electron chi connectivity index (χ1n) is 11.5. The summed E-state index contributed by atoms with van der Waals surface area (Å²) in [5.74, 6) is 0.873. The molecule has 0 aromatic heterocycles. The normalized spacial score (nSPS) is 17.2. The van der Waals surface area contributed by atoms with E-state index in [-0.39, 0.29) is 11.3 Å². The third kappa shape index (κ3) is 3.91. The van der Waals surface area contributed by atoms with Crippen molar-refractivity contribution in [1.29, 1.82) is 0 Å². The smallest absolute Gasteiger partial charge is 0.255 e. The van der Waals surface area contributed by atoms with Crippen molar-refractivity contribution in [2.45, 2.75) is 38.1 Å². The van der Waals surface area contributed by atoms with Crippen molar-refractivity contribution in [3.05, 3.63) is 83.9 Å². The van der Waals surface area contributed by atoms with Crippen molar-refractivity contribution in [2.75, 3.05) is 25.0 Å². The highest BCUT2D eigenvalue weighted by Crippen LogP contribution is 2.46. The Balaban J connectivity index is 1.35. The summed E-state index contributed by atoms with van der Waals surface area (Å²) in [6.07, 6.45) is 2.18. The molecule has 1 fully saturated rings. The van der Waals surface area contributed by atoms with Crippen molar-refractivity contribution in [3.8, 4) is 16.9 Å². The van der Waals surface area contributed by atoms with Gasteiger partial charge in [0.15, 0.2) is 0 Å². The van der Waals surface area contributed by atoms with E-state index in [9.17, 15) is 4.79 Å². The fraction of sp³-hybridized carbons (Fsp3) is 0.321. The number of carbonyl (C=O) groups excluding carboxylic acids is 1. The van der Waals surface area contributed by atoms with Gasteiger partial charge in [-0.05, 0) is 81.2 Å². The molecule has 4 nitrogen and oxygen atoms in total. The van der Waals surface area contributed by atoms with E-state index in [1.54, 1.807) is 0 Å². The van der Waals surface area contributed by atoms with E-state index < -0.39 is 0 Å². The van der Waals surface area contributed by atoms with Crippen LogP contribution in [0.4, 0.5) is 5.69 Å². The molecule has 2 aliphatic heterocycles. The Morgan fingerprint density at radius 3 is 2.44 bits per heavy atom. The lowest BCUT2D eigenvalue weighted by atomic mass is 9.74. The molecule has 164 valence electrons. The number of nitrogens with zero attached hydrogens (tertiary/aromatic N) is 1. The first kappa shape index (κ1) is 20.8. The van der Waals surface area contributed by atoms with Crippen molar-refractivity contribution in [1.82, 2.24) is 4.90 Å². The number of carbonyl (C=O) groups is 1. The predicted octanol–water partition coefficient (Wildman–Crippen LogP) is 5.74. The fourth-order valence-corrected chi connectivity index (χ4v) is 5.00. The van der Waals surface area contributed by atoms with E-state index >= 15 is 0 Å². The number of benzene rings is 3. The molecule has 0 radical (unpaired) electrons. The van der Waals surface area contributed by atoms with Crippen molar-refractivity contribution in [3.63, 3.8) is 0 Å². The average Bonchev–Trinajstić information content (AvgIpc) is 3.17. The number of likely N-dealkylation sites (tertiary alicyclic amines) is 1. The Bertz CT molecular complexity index is 1120. The molecule has 0 atom stereocenters. The van der Waals surface area contributed by atoms with Gasteiger partial charge in [-0.2, -0.15) is 0 Å². The van der Waals surface area contributed by atoms with Gasteiger partial charge in [-0.15, -0.1) is 0 Å². The number of fused-ring (bicyclic) bond motifs is 2. The Labute approximate surface area is 190 Å². The summed E-state index contributed by atoms with van der Waals surface area (Å²) in [6, 6.07) is 24.6. The molecular weight excluding hydrogens is 396 g/mol. The highest BCUT2D eigenvalue weighted by atomic mass is 16.5. The van der Waals surface area contributed by atoms with Gasteiger partial charge in [0.2, 0.25) is 0 Å². The lowest BCUT2D eigenvalue weighted by molar-refractivity contribution is 0.102. The minimum Gasteiger partial charge on any atom is -0.492 e. The molecule has 1 amide bonds. The maximum atomic E-state index is 13.0. The van der Waals surface area contributed by atoms with E-state index in [2.05, 4.69) is 42.3 Å². The lowest BCUT2D eigenvalue weighted by Crippen LogP contribution is -2.46. The minimum absolute atomic E-state index is 0.0642. The Hall–Kier alpha value is -3.11. The molecule has 32 heavy (non-hydrogen) atoms. The van der Waals surface area contributed by atoms with Crippen LogP contribution in [0.25, 0.3) is 11.1 Å². The van der Waals surface area contributed by atoms with Crippen LogP contribution in [0.3, 0.4) is 0 Å². The molecule has 3 aromatic rings. The molecule has 1 N–H and O–H groups in total. The summed E-state index contributed by atoms with van der Waals surface area (Å²) in [7, 11) is 0. The van der Waals surface area contributed by atoms with Gasteiger partial charge in [-0.1, -0.05) is 42.5 Å². The van der Waals surface area contributed by atoms with Gasteiger partial charge in [0.25, 0.3) is 5.91 Å².